The van der Waals surface area contributed by atoms with Gasteiger partial charge in [0.25, 0.3) is 0 Å². The summed E-state index contributed by atoms with van der Waals surface area (Å²) in [5.74, 6) is 5.58. The summed E-state index contributed by atoms with van der Waals surface area (Å²) in [6, 6.07) is 9.59. The van der Waals surface area contributed by atoms with Crippen LogP contribution in [0, 0.1) is 11.8 Å². The molecule has 0 saturated carbocycles. The topological polar surface area (TPSA) is 0 Å². The number of rotatable bonds is 9. The summed E-state index contributed by atoms with van der Waals surface area (Å²) < 4.78 is 13.6. The Labute approximate surface area is 123 Å². The van der Waals surface area contributed by atoms with E-state index < -0.39 is 6.17 Å². The van der Waals surface area contributed by atoms with Gasteiger partial charge in [-0.05, 0) is 37.8 Å². The molecule has 0 aliphatic carbocycles. The van der Waals surface area contributed by atoms with Crippen molar-refractivity contribution in [3.63, 3.8) is 0 Å². The summed E-state index contributed by atoms with van der Waals surface area (Å²) in [6.45, 7) is 3.71. The van der Waals surface area contributed by atoms with Crippen LogP contribution in [0.2, 0.25) is 0 Å². The van der Waals surface area contributed by atoms with Crippen molar-refractivity contribution in [3.05, 3.63) is 48.6 Å². The Morgan fingerprint density at radius 1 is 1.00 bits per heavy atom. The second kappa shape index (κ2) is 11.3. The maximum absolute atomic E-state index is 13.6. The van der Waals surface area contributed by atoms with Crippen LogP contribution in [0.4, 0.5) is 4.39 Å². The average molecular weight is 272 g/mol. The Balaban J connectivity index is 2.05. The van der Waals surface area contributed by atoms with E-state index in [1.807, 2.05) is 36.4 Å². The molecule has 0 saturated heterocycles. The van der Waals surface area contributed by atoms with Crippen LogP contribution in [0.15, 0.2) is 43.0 Å². The third kappa shape index (κ3) is 8.53. The summed E-state index contributed by atoms with van der Waals surface area (Å²) in [5.41, 5.74) is 0.886. The number of unbranched alkanes of at least 4 members (excludes halogenated alkanes) is 6. The van der Waals surface area contributed by atoms with E-state index in [0.717, 1.165) is 24.8 Å². The molecule has 0 spiro atoms. The van der Waals surface area contributed by atoms with Crippen LogP contribution in [-0.4, -0.2) is 6.17 Å². The molecule has 1 unspecified atom stereocenters. The molecule has 0 amide bonds. The first-order valence-electron chi connectivity index (χ1n) is 7.64. The molecule has 0 N–H and O–H groups in total. The van der Waals surface area contributed by atoms with Gasteiger partial charge in [-0.2, -0.15) is 0 Å². The molecule has 1 atom stereocenters. The van der Waals surface area contributed by atoms with E-state index in [0.29, 0.717) is 6.42 Å². The number of benzene rings is 1. The predicted molar refractivity (Wildman–Crippen MR) is 85.3 cm³/mol. The third-order valence-corrected chi connectivity index (χ3v) is 3.26. The quantitative estimate of drug-likeness (QED) is 0.308. The Morgan fingerprint density at radius 3 is 2.35 bits per heavy atom. The van der Waals surface area contributed by atoms with Gasteiger partial charge < -0.3 is 0 Å². The summed E-state index contributed by atoms with van der Waals surface area (Å²) in [7, 11) is 0. The van der Waals surface area contributed by atoms with E-state index in [9.17, 15) is 4.39 Å². The van der Waals surface area contributed by atoms with Gasteiger partial charge in [0.2, 0.25) is 0 Å². The highest BCUT2D eigenvalue weighted by molar-refractivity contribution is 5.34. The van der Waals surface area contributed by atoms with Crippen LogP contribution in [0.3, 0.4) is 0 Å². The molecule has 1 heteroatoms. The van der Waals surface area contributed by atoms with Gasteiger partial charge in [-0.25, -0.2) is 4.39 Å². The van der Waals surface area contributed by atoms with Crippen molar-refractivity contribution in [1.29, 1.82) is 0 Å². The Kier molecular flexibility index (Phi) is 9.32. The number of hydrogen-bond donors (Lipinski definition) is 0. The summed E-state index contributed by atoms with van der Waals surface area (Å²) in [4.78, 5) is 0. The van der Waals surface area contributed by atoms with Crippen LogP contribution in [0.1, 0.15) is 56.9 Å². The first kappa shape index (κ1) is 16.5. The maximum Gasteiger partial charge on any atom is 0.161 e. The van der Waals surface area contributed by atoms with E-state index >= 15 is 0 Å². The SMILES string of the molecule is C=CCCCCCCCCC(F)C#Cc1ccccc1. The zero-order valence-electron chi connectivity index (χ0n) is 12.3. The molecule has 1 rings (SSSR count). The van der Waals surface area contributed by atoms with Crippen molar-refractivity contribution in [2.24, 2.45) is 0 Å². The fourth-order valence-electron chi connectivity index (χ4n) is 2.07. The minimum absolute atomic E-state index is 0.562. The Bertz CT molecular complexity index is 410. The van der Waals surface area contributed by atoms with E-state index in [4.69, 9.17) is 0 Å². The minimum atomic E-state index is -0.990. The molecule has 0 aliphatic heterocycles. The molecule has 108 valence electrons. The molecule has 0 radical (unpaired) electrons. The second-order valence-electron chi connectivity index (χ2n) is 5.09. The number of hydrogen-bond acceptors (Lipinski definition) is 0. The fourth-order valence-corrected chi connectivity index (χ4v) is 2.07. The van der Waals surface area contributed by atoms with Gasteiger partial charge >= 0.3 is 0 Å². The normalized spacial score (nSPS) is 11.4. The van der Waals surface area contributed by atoms with Crippen LogP contribution in [0.5, 0.6) is 0 Å². The van der Waals surface area contributed by atoms with Crippen molar-refractivity contribution in [2.75, 3.05) is 0 Å². The second-order valence-corrected chi connectivity index (χ2v) is 5.09. The van der Waals surface area contributed by atoms with Gasteiger partial charge in [-0.1, -0.05) is 61.8 Å². The predicted octanol–water partition coefficient (Wildman–Crippen LogP) is 5.68. The standard InChI is InChI=1S/C19H25F/c1-2-3-4-5-6-7-8-12-15-19(20)17-16-18-13-10-9-11-14-18/h2,9-11,13-14,19H,1,3-8,12,15H2. The highest BCUT2D eigenvalue weighted by atomic mass is 19.1. The molecular weight excluding hydrogens is 247 g/mol. The van der Waals surface area contributed by atoms with Crippen molar-refractivity contribution in [2.45, 2.75) is 57.5 Å². The number of halogens is 1. The molecule has 0 aliphatic rings. The van der Waals surface area contributed by atoms with Gasteiger partial charge in [0.15, 0.2) is 6.17 Å². The van der Waals surface area contributed by atoms with Gasteiger partial charge in [0.1, 0.15) is 0 Å². The molecule has 0 fully saturated rings. The smallest absolute Gasteiger partial charge is 0.161 e. The Morgan fingerprint density at radius 2 is 1.65 bits per heavy atom. The van der Waals surface area contributed by atoms with Crippen molar-refractivity contribution >= 4 is 0 Å². The Hall–Kier alpha value is -1.55. The van der Waals surface area contributed by atoms with E-state index in [1.54, 1.807) is 0 Å². The monoisotopic (exact) mass is 272 g/mol. The van der Waals surface area contributed by atoms with Crippen LogP contribution in [0.25, 0.3) is 0 Å². The largest absolute Gasteiger partial charge is 0.233 e. The molecule has 0 bridgehead atoms. The zero-order chi connectivity index (χ0) is 14.5. The molecule has 0 aromatic heterocycles. The van der Waals surface area contributed by atoms with Gasteiger partial charge in [0, 0.05) is 5.56 Å². The lowest BCUT2D eigenvalue weighted by atomic mass is 10.1. The molecule has 0 heterocycles. The first-order valence-corrected chi connectivity index (χ1v) is 7.64. The lowest BCUT2D eigenvalue weighted by Crippen LogP contribution is -1.95. The first-order chi connectivity index (χ1) is 9.83. The van der Waals surface area contributed by atoms with Crippen molar-refractivity contribution < 1.29 is 4.39 Å². The van der Waals surface area contributed by atoms with Crippen LogP contribution < -0.4 is 0 Å². The van der Waals surface area contributed by atoms with Crippen molar-refractivity contribution in [3.8, 4) is 11.8 Å². The third-order valence-electron chi connectivity index (χ3n) is 3.26. The lowest BCUT2D eigenvalue weighted by Gasteiger charge is -2.02. The highest BCUT2D eigenvalue weighted by Crippen LogP contribution is 2.11. The number of alkyl halides is 1. The van der Waals surface area contributed by atoms with E-state index in [2.05, 4.69) is 18.4 Å². The summed E-state index contributed by atoms with van der Waals surface area (Å²) in [6.07, 6.45) is 9.66. The molecule has 0 nitrogen and oxygen atoms in total. The molecular formula is C19H25F. The van der Waals surface area contributed by atoms with Gasteiger partial charge in [-0.3, -0.25) is 0 Å². The fraction of sp³-hybridized carbons (Fsp3) is 0.474. The summed E-state index contributed by atoms with van der Waals surface area (Å²) in [5, 5.41) is 0. The highest BCUT2D eigenvalue weighted by Gasteiger charge is 2.01. The molecule has 1 aromatic carbocycles. The van der Waals surface area contributed by atoms with E-state index in [1.165, 1.54) is 25.7 Å². The zero-order valence-corrected chi connectivity index (χ0v) is 12.3. The average Bonchev–Trinajstić information content (AvgIpc) is 2.49. The molecule has 20 heavy (non-hydrogen) atoms. The van der Waals surface area contributed by atoms with Gasteiger partial charge in [-0.15, -0.1) is 6.58 Å². The minimum Gasteiger partial charge on any atom is -0.233 e. The summed E-state index contributed by atoms with van der Waals surface area (Å²) >= 11 is 0. The van der Waals surface area contributed by atoms with E-state index in [-0.39, 0.29) is 0 Å². The molecule has 1 aromatic rings. The number of allylic oxidation sites excluding steroid dienone is 1. The lowest BCUT2D eigenvalue weighted by molar-refractivity contribution is 0.375. The maximum atomic E-state index is 13.6. The van der Waals surface area contributed by atoms with Crippen molar-refractivity contribution in [1.82, 2.24) is 0 Å². The van der Waals surface area contributed by atoms with Gasteiger partial charge in [0.05, 0.1) is 0 Å². The van der Waals surface area contributed by atoms with Crippen LogP contribution in [-0.2, 0) is 0 Å². The van der Waals surface area contributed by atoms with Crippen LogP contribution >= 0.6 is 0 Å².